The van der Waals surface area contributed by atoms with Crippen molar-refractivity contribution >= 4 is 5.91 Å². The molecule has 1 aliphatic rings. The summed E-state index contributed by atoms with van der Waals surface area (Å²) in [5.74, 6) is 0.299. The van der Waals surface area contributed by atoms with Crippen LogP contribution in [-0.4, -0.2) is 46.8 Å². The normalized spacial score (nSPS) is 18.1. The summed E-state index contributed by atoms with van der Waals surface area (Å²) in [5.41, 5.74) is 1.13. The minimum Gasteiger partial charge on any atom is -0.340 e. The van der Waals surface area contributed by atoms with Gasteiger partial charge in [-0.2, -0.15) is 5.10 Å². The predicted molar refractivity (Wildman–Crippen MR) is 65.5 cm³/mol. The number of amides is 1. The molecule has 1 N–H and O–H groups in total. The zero-order chi connectivity index (χ0) is 12.3. The first-order chi connectivity index (χ1) is 8.16. The number of nitrogens with one attached hydrogen (secondary N) is 1. The van der Waals surface area contributed by atoms with Crippen molar-refractivity contribution in [1.29, 1.82) is 0 Å². The highest BCUT2D eigenvalue weighted by Gasteiger charge is 2.22. The van der Waals surface area contributed by atoms with Crippen LogP contribution in [0.5, 0.6) is 0 Å². The van der Waals surface area contributed by atoms with Gasteiger partial charge in [-0.3, -0.25) is 9.48 Å². The molecule has 1 aliphatic heterocycles. The van der Waals surface area contributed by atoms with E-state index in [1.807, 2.05) is 31.3 Å². The molecule has 94 valence electrons. The molecule has 1 fully saturated rings. The van der Waals surface area contributed by atoms with E-state index in [9.17, 15) is 4.79 Å². The van der Waals surface area contributed by atoms with Crippen molar-refractivity contribution in [3.63, 3.8) is 0 Å². The number of carbonyl (C=O) groups is 1. The second-order valence-corrected chi connectivity index (χ2v) is 4.70. The van der Waals surface area contributed by atoms with Crippen LogP contribution in [0.15, 0.2) is 12.4 Å². The molecular weight excluding hydrogens is 216 g/mol. The Bertz CT molecular complexity index is 382. The third-order valence-electron chi connectivity index (χ3n) is 3.15. The van der Waals surface area contributed by atoms with Gasteiger partial charge in [-0.05, 0) is 12.0 Å². The van der Waals surface area contributed by atoms with E-state index in [0.29, 0.717) is 0 Å². The first-order valence-electron chi connectivity index (χ1n) is 6.14. The summed E-state index contributed by atoms with van der Waals surface area (Å²) in [5, 5.41) is 7.38. The standard InChI is InChI=1S/C12H20N4O/c1-10(7-11-8-14-15(2)9-11)12(17)16-5-3-13-4-6-16/h8-10,13H,3-7H2,1-2H3. The fourth-order valence-electron chi connectivity index (χ4n) is 2.22. The van der Waals surface area contributed by atoms with Crippen LogP contribution in [0.25, 0.3) is 0 Å². The van der Waals surface area contributed by atoms with Gasteiger partial charge in [-0.25, -0.2) is 0 Å². The lowest BCUT2D eigenvalue weighted by atomic mass is 10.0. The molecule has 1 atom stereocenters. The minimum atomic E-state index is 0.0392. The molecule has 0 radical (unpaired) electrons. The van der Waals surface area contributed by atoms with E-state index in [2.05, 4.69) is 10.4 Å². The Labute approximate surface area is 102 Å². The largest absolute Gasteiger partial charge is 0.340 e. The van der Waals surface area contributed by atoms with Crippen molar-refractivity contribution < 1.29 is 4.79 Å². The molecular formula is C12H20N4O. The Kier molecular flexibility index (Phi) is 3.78. The molecule has 1 aromatic heterocycles. The fraction of sp³-hybridized carbons (Fsp3) is 0.667. The zero-order valence-corrected chi connectivity index (χ0v) is 10.5. The van der Waals surface area contributed by atoms with Crippen LogP contribution in [0.4, 0.5) is 0 Å². The number of aromatic nitrogens is 2. The summed E-state index contributed by atoms with van der Waals surface area (Å²) in [6, 6.07) is 0. The third kappa shape index (κ3) is 3.06. The Hall–Kier alpha value is -1.36. The third-order valence-corrected chi connectivity index (χ3v) is 3.15. The molecule has 17 heavy (non-hydrogen) atoms. The van der Waals surface area contributed by atoms with Gasteiger partial charge in [0.2, 0.25) is 5.91 Å². The summed E-state index contributed by atoms with van der Waals surface area (Å²) in [4.78, 5) is 14.1. The average molecular weight is 236 g/mol. The van der Waals surface area contributed by atoms with Crippen molar-refractivity contribution in [1.82, 2.24) is 20.0 Å². The number of rotatable bonds is 3. The van der Waals surface area contributed by atoms with E-state index >= 15 is 0 Å². The van der Waals surface area contributed by atoms with Gasteiger partial charge in [-0.1, -0.05) is 6.92 Å². The van der Waals surface area contributed by atoms with Gasteiger partial charge in [0, 0.05) is 45.3 Å². The fourth-order valence-corrected chi connectivity index (χ4v) is 2.22. The Morgan fingerprint density at radius 1 is 1.53 bits per heavy atom. The molecule has 0 spiro atoms. The van der Waals surface area contributed by atoms with Crippen LogP contribution in [0, 0.1) is 5.92 Å². The smallest absolute Gasteiger partial charge is 0.225 e. The second-order valence-electron chi connectivity index (χ2n) is 4.70. The highest BCUT2D eigenvalue weighted by Crippen LogP contribution is 2.11. The van der Waals surface area contributed by atoms with Gasteiger partial charge < -0.3 is 10.2 Å². The molecule has 1 aromatic rings. The van der Waals surface area contributed by atoms with Gasteiger partial charge in [0.05, 0.1) is 6.20 Å². The molecule has 1 saturated heterocycles. The van der Waals surface area contributed by atoms with Crippen molar-refractivity contribution in [3.05, 3.63) is 18.0 Å². The molecule has 0 saturated carbocycles. The monoisotopic (exact) mass is 236 g/mol. The summed E-state index contributed by atoms with van der Waals surface area (Å²) >= 11 is 0. The van der Waals surface area contributed by atoms with Crippen molar-refractivity contribution in [3.8, 4) is 0 Å². The average Bonchev–Trinajstić information content (AvgIpc) is 2.75. The summed E-state index contributed by atoms with van der Waals surface area (Å²) in [6.45, 7) is 5.47. The van der Waals surface area contributed by atoms with E-state index in [1.165, 1.54) is 0 Å². The van der Waals surface area contributed by atoms with Gasteiger partial charge in [0.1, 0.15) is 0 Å². The molecule has 1 unspecified atom stereocenters. The first-order valence-corrected chi connectivity index (χ1v) is 6.14. The minimum absolute atomic E-state index is 0.0392. The number of carbonyl (C=O) groups excluding carboxylic acids is 1. The van der Waals surface area contributed by atoms with Gasteiger partial charge >= 0.3 is 0 Å². The molecule has 0 bridgehead atoms. The number of aryl methyl sites for hydroxylation is 1. The molecule has 2 heterocycles. The molecule has 0 aromatic carbocycles. The van der Waals surface area contributed by atoms with E-state index in [-0.39, 0.29) is 11.8 Å². The SMILES string of the molecule is CC(Cc1cnn(C)c1)C(=O)N1CCNCC1. The Morgan fingerprint density at radius 3 is 2.82 bits per heavy atom. The Morgan fingerprint density at radius 2 is 2.24 bits per heavy atom. The van der Waals surface area contributed by atoms with Gasteiger partial charge in [-0.15, -0.1) is 0 Å². The van der Waals surface area contributed by atoms with Crippen molar-refractivity contribution in [2.75, 3.05) is 26.2 Å². The molecule has 5 nitrogen and oxygen atoms in total. The van der Waals surface area contributed by atoms with Gasteiger partial charge in [0.25, 0.3) is 0 Å². The number of piperazine rings is 1. The van der Waals surface area contributed by atoms with Crippen LogP contribution < -0.4 is 5.32 Å². The van der Waals surface area contributed by atoms with Crippen molar-refractivity contribution in [2.45, 2.75) is 13.3 Å². The topological polar surface area (TPSA) is 50.2 Å². The van der Waals surface area contributed by atoms with Crippen LogP contribution in [0.3, 0.4) is 0 Å². The predicted octanol–water partition coefficient (Wildman–Crippen LogP) is 0.0305. The van der Waals surface area contributed by atoms with Crippen LogP contribution in [-0.2, 0) is 18.3 Å². The maximum absolute atomic E-state index is 12.2. The van der Waals surface area contributed by atoms with E-state index in [4.69, 9.17) is 0 Å². The van der Waals surface area contributed by atoms with Crippen LogP contribution >= 0.6 is 0 Å². The van der Waals surface area contributed by atoms with Crippen molar-refractivity contribution in [2.24, 2.45) is 13.0 Å². The van der Waals surface area contributed by atoms with Crippen LogP contribution in [0.2, 0.25) is 0 Å². The lowest BCUT2D eigenvalue weighted by Crippen LogP contribution is -2.48. The molecule has 2 rings (SSSR count). The second kappa shape index (κ2) is 5.31. The van der Waals surface area contributed by atoms with E-state index in [0.717, 1.165) is 38.2 Å². The summed E-state index contributed by atoms with van der Waals surface area (Å²) < 4.78 is 1.78. The zero-order valence-electron chi connectivity index (χ0n) is 10.5. The first kappa shape index (κ1) is 12.1. The van der Waals surface area contributed by atoms with E-state index in [1.54, 1.807) is 4.68 Å². The highest BCUT2D eigenvalue weighted by atomic mass is 16.2. The molecule has 0 aliphatic carbocycles. The molecule has 1 amide bonds. The van der Waals surface area contributed by atoms with E-state index < -0.39 is 0 Å². The number of hydrogen-bond donors (Lipinski definition) is 1. The number of nitrogens with zero attached hydrogens (tertiary/aromatic N) is 3. The number of hydrogen-bond acceptors (Lipinski definition) is 3. The van der Waals surface area contributed by atoms with Crippen LogP contribution in [0.1, 0.15) is 12.5 Å². The summed E-state index contributed by atoms with van der Waals surface area (Å²) in [6.07, 6.45) is 4.58. The quantitative estimate of drug-likeness (QED) is 0.805. The Balaban J connectivity index is 1.90. The lowest BCUT2D eigenvalue weighted by molar-refractivity contribution is -0.135. The maximum atomic E-state index is 12.2. The maximum Gasteiger partial charge on any atom is 0.225 e. The highest BCUT2D eigenvalue weighted by molar-refractivity contribution is 5.78. The summed E-state index contributed by atoms with van der Waals surface area (Å²) in [7, 11) is 1.90. The lowest BCUT2D eigenvalue weighted by Gasteiger charge is -2.29. The molecule has 5 heteroatoms. The van der Waals surface area contributed by atoms with Gasteiger partial charge in [0.15, 0.2) is 0 Å².